The van der Waals surface area contributed by atoms with Gasteiger partial charge in [-0.05, 0) is 32.0 Å². The summed E-state index contributed by atoms with van der Waals surface area (Å²) in [6.45, 7) is 1.36. The Balaban J connectivity index is 1.62. The quantitative estimate of drug-likeness (QED) is 0.734. The molecule has 2 heterocycles. The zero-order chi connectivity index (χ0) is 19.4. The van der Waals surface area contributed by atoms with Gasteiger partial charge >= 0.3 is 0 Å². The van der Waals surface area contributed by atoms with Crippen LogP contribution in [0.15, 0.2) is 23.1 Å². The summed E-state index contributed by atoms with van der Waals surface area (Å²) in [5.74, 6) is 1.03. The number of carbonyl (C=O) groups is 1. The molecule has 3 rings (SSSR count). The van der Waals surface area contributed by atoms with Crippen LogP contribution in [0.4, 0.5) is 0 Å². The molecule has 0 aliphatic carbocycles. The van der Waals surface area contributed by atoms with Gasteiger partial charge in [0.05, 0.1) is 18.1 Å². The third kappa shape index (κ3) is 4.72. The number of fused-ring (bicyclic) bond motifs is 1. The molecule has 2 aliphatic rings. The molecule has 150 valence electrons. The second-order valence-corrected chi connectivity index (χ2v) is 8.71. The molecular weight excluding hydrogens is 370 g/mol. The van der Waals surface area contributed by atoms with E-state index in [0.717, 1.165) is 19.3 Å². The van der Waals surface area contributed by atoms with E-state index in [0.29, 0.717) is 37.7 Å². The molecule has 8 nitrogen and oxygen atoms in total. The highest BCUT2D eigenvalue weighted by Crippen LogP contribution is 2.32. The summed E-state index contributed by atoms with van der Waals surface area (Å²) >= 11 is 0. The van der Waals surface area contributed by atoms with Crippen molar-refractivity contribution in [2.75, 3.05) is 33.9 Å². The lowest BCUT2D eigenvalue weighted by Crippen LogP contribution is -2.42. The maximum absolute atomic E-state index is 12.7. The average molecular weight is 397 g/mol. The van der Waals surface area contributed by atoms with Crippen LogP contribution in [0.25, 0.3) is 0 Å². The molecule has 0 radical (unpaired) electrons. The number of likely N-dealkylation sites (N-methyl/N-ethyl adjacent to an activating group) is 1. The van der Waals surface area contributed by atoms with Crippen molar-refractivity contribution in [1.82, 2.24) is 14.9 Å². The molecule has 27 heavy (non-hydrogen) atoms. The molecule has 1 fully saturated rings. The molecular formula is C18H27N3O5S. The number of hydrogen-bond acceptors (Lipinski definition) is 6. The van der Waals surface area contributed by atoms with E-state index in [4.69, 9.17) is 9.47 Å². The Kier molecular flexibility index (Phi) is 6.23. The maximum Gasteiger partial charge on any atom is 0.240 e. The van der Waals surface area contributed by atoms with E-state index >= 15 is 0 Å². The van der Waals surface area contributed by atoms with E-state index in [1.54, 1.807) is 13.1 Å². The number of ether oxygens (including phenoxy) is 2. The van der Waals surface area contributed by atoms with Crippen LogP contribution in [0.2, 0.25) is 0 Å². The van der Waals surface area contributed by atoms with Gasteiger partial charge in [-0.1, -0.05) is 0 Å². The van der Waals surface area contributed by atoms with Gasteiger partial charge < -0.3 is 14.8 Å². The molecule has 2 N–H and O–H groups in total. The second-order valence-electron chi connectivity index (χ2n) is 6.94. The molecule has 0 saturated carbocycles. The zero-order valence-corrected chi connectivity index (χ0v) is 16.5. The van der Waals surface area contributed by atoms with Crippen LogP contribution in [-0.4, -0.2) is 65.2 Å². The predicted octanol–water partition coefficient (Wildman–Crippen LogP) is 0.725. The molecule has 0 bridgehead atoms. The average Bonchev–Trinajstić information content (AvgIpc) is 2.85. The van der Waals surface area contributed by atoms with Gasteiger partial charge in [0.1, 0.15) is 0 Å². The summed E-state index contributed by atoms with van der Waals surface area (Å²) in [7, 11) is -0.0924. The highest BCUT2D eigenvalue weighted by Gasteiger charge is 2.32. The lowest BCUT2D eigenvalue weighted by Gasteiger charge is -2.25. The van der Waals surface area contributed by atoms with Crippen molar-refractivity contribution in [3.8, 4) is 11.5 Å². The predicted molar refractivity (Wildman–Crippen MR) is 100 cm³/mol. The van der Waals surface area contributed by atoms with Gasteiger partial charge in [0, 0.05) is 44.6 Å². The topological polar surface area (TPSA) is 97.0 Å². The number of hydrogen-bond donors (Lipinski definition) is 2. The first-order valence-corrected chi connectivity index (χ1v) is 10.7. The Morgan fingerprint density at radius 1 is 1.19 bits per heavy atom. The van der Waals surface area contributed by atoms with Crippen LogP contribution >= 0.6 is 0 Å². The van der Waals surface area contributed by atoms with E-state index in [1.165, 1.54) is 12.1 Å². The number of carbonyl (C=O) groups excluding carboxylic acids is 1. The van der Waals surface area contributed by atoms with Gasteiger partial charge in [0.15, 0.2) is 11.5 Å². The van der Waals surface area contributed by atoms with E-state index in [1.807, 2.05) is 7.05 Å². The number of amides is 1. The van der Waals surface area contributed by atoms with Crippen LogP contribution in [-0.2, 0) is 14.8 Å². The van der Waals surface area contributed by atoms with E-state index in [2.05, 4.69) is 14.9 Å². The fraction of sp³-hybridized carbons (Fsp3) is 0.611. The van der Waals surface area contributed by atoms with Gasteiger partial charge in [0.2, 0.25) is 15.9 Å². The van der Waals surface area contributed by atoms with Crippen LogP contribution in [0.5, 0.6) is 11.5 Å². The molecule has 1 amide bonds. The standard InChI is InChI=1S/C18H27N3O5S/c1-19-18(22)10-13-4-5-14(21(13)2)12-20-27(23,24)15-6-7-16-17(11-15)26-9-3-8-25-16/h6-7,11,13-14,20H,3-5,8-10,12H2,1-2H3,(H,19,22)/t13-,14+/m1/s1. The van der Waals surface area contributed by atoms with Gasteiger partial charge in [-0.25, -0.2) is 13.1 Å². The molecule has 1 aromatic carbocycles. The number of sulfonamides is 1. The molecule has 2 atom stereocenters. The monoisotopic (exact) mass is 397 g/mol. The van der Waals surface area contributed by atoms with E-state index in [-0.39, 0.29) is 22.9 Å². The van der Waals surface area contributed by atoms with Crippen molar-refractivity contribution in [2.45, 2.75) is 42.7 Å². The van der Waals surface area contributed by atoms with Crippen molar-refractivity contribution in [3.05, 3.63) is 18.2 Å². The Morgan fingerprint density at radius 3 is 2.63 bits per heavy atom. The first kappa shape index (κ1) is 19.9. The number of nitrogens with one attached hydrogen (secondary N) is 2. The summed E-state index contributed by atoms with van der Waals surface area (Å²) in [5.41, 5.74) is 0. The van der Waals surface area contributed by atoms with Gasteiger partial charge in [-0.15, -0.1) is 0 Å². The first-order valence-electron chi connectivity index (χ1n) is 9.22. The lowest BCUT2D eigenvalue weighted by molar-refractivity contribution is -0.121. The molecule has 0 unspecified atom stereocenters. The number of likely N-dealkylation sites (tertiary alicyclic amines) is 1. The smallest absolute Gasteiger partial charge is 0.240 e. The van der Waals surface area contributed by atoms with Crippen LogP contribution in [0.3, 0.4) is 0 Å². The van der Waals surface area contributed by atoms with E-state index < -0.39 is 10.0 Å². The van der Waals surface area contributed by atoms with Gasteiger partial charge in [-0.2, -0.15) is 0 Å². The van der Waals surface area contributed by atoms with Crippen molar-refractivity contribution in [1.29, 1.82) is 0 Å². The summed E-state index contributed by atoms with van der Waals surface area (Å²) < 4.78 is 39.2. The Hall–Kier alpha value is -1.84. The second kappa shape index (κ2) is 8.45. The minimum atomic E-state index is -3.65. The summed E-state index contributed by atoms with van der Waals surface area (Å²) in [5, 5.41) is 2.64. The molecule has 9 heteroatoms. The Bertz CT molecular complexity index is 783. The Labute approximate surface area is 160 Å². The molecule has 1 saturated heterocycles. The minimum Gasteiger partial charge on any atom is -0.490 e. The van der Waals surface area contributed by atoms with Crippen LogP contribution in [0, 0.1) is 0 Å². The lowest BCUT2D eigenvalue weighted by atomic mass is 10.1. The minimum absolute atomic E-state index is 0.000257. The Morgan fingerprint density at radius 2 is 1.89 bits per heavy atom. The summed E-state index contributed by atoms with van der Waals surface area (Å²) in [4.78, 5) is 13.8. The number of benzene rings is 1. The molecule has 0 aromatic heterocycles. The third-order valence-electron chi connectivity index (χ3n) is 5.22. The molecule has 1 aromatic rings. The van der Waals surface area contributed by atoms with E-state index in [9.17, 15) is 13.2 Å². The fourth-order valence-corrected chi connectivity index (χ4v) is 4.59. The van der Waals surface area contributed by atoms with Gasteiger partial charge in [0.25, 0.3) is 0 Å². The third-order valence-corrected chi connectivity index (χ3v) is 6.64. The van der Waals surface area contributed by atoms with Crippen molar-refractivity contribution in [3.63, 3.8) is 0 Å². The largest absolute Gasteiger partial charge is 0.490 e. The van der Waals surface area contributed by atoms with Crippen molar-refractivity contribution >= 4 is 15.9 Å². The highest BCUT2D eigenvalue weighted by atomic mass is 32.2. The van der Waals surface area contributed by atoms with Crippen LogP contribution in [0.1, 0.15) is 25.7 Å². The normalized spacial score (nSPS) is 23.0. The first-order chi connectivity index (χ1) is 12.9. The highest BCUT2D eigenvalue weighted by molar-refractivity contribution is 7.89. The number of nitrogens with zero attached hydrogens (tertiary/aromatic N) is 1. The molecule has 2 aliphatic heterocycles. The van der Waals surface area contributed by atoms with Crippen LogP contribution < -0.4 is 19.5 Å². The SMILES string of the molecule is CNC(=O)C[C@H]1CC[C@@H](CNS(=O)(=O)c2ccc3c(c2)OCCCO3)N1C. The summed E-state index contributed by atoms with van der Waals surface area (Å²) in [6, 6.07) is 4.88. The van der Waals surface area contributed by atoms with Crippen molar-refractivity contribution < 1.29 is 22.7 Å². The summed E-state index contributed by atoms with van der Waals surface area (Å²) in [6.07, 6.45) is 2.92. The number of rotatable bonds is 6. The molecule has 0 spiro atoms. The zero-order valence-electron chi connectivity index (χ0n) is 15.7. The fourth-order valence-electron chi connectivity index (χ4n) is 3.50. The van der Waals surface area contributed by atoms with Gasteiger partial charge in [-0.3, -0.25) is 9.69 Å². The van der Waals surface area contributed by atoms with Crippen molar-refractivity contribution in [2.24, 2.45) is 0 Å². The maximum atomic E-state index is 12.7.